The summed E-state index contributed by atoms with van der Waals surface area (Å²) in [7, 11) is 0. The summed E-state index contributed by atoms with van der Waals surface area (Å²) in [5.74, 6) is -0.845. The molecule has 2 heterocycles. The van der Waals surface area contributed by atoms with Crippen LogP contribution in [0.25, 0.3) is 10.9 Å². The molecule has 8 nitrogen and oxygen atoms in total. The van der Waals surface area contributed by atoms with Crippen molar-refractivity contribution in [2.45, 2.75) is 76.5 Å². The quantitative estimate of drug-likeness (QED) is 0.592. The minimum Gasteiger partial charge on any atom is -0.480 e. The van der Waals surface area contributed by atoms with Gasteiger partial charge in [0.15, 0.2) is 11.6 Å². The predicted molar refractivity (Wildman–Crippen MR) is 118 cm³/mol. The Morgan fingerprint density at radius 3 is 2.59 bits per heavy atom. The van der Waals surface area contributed by atoms with Gasteiger partial charge in [-0.3, -0.25) is 14.3 Å². The summed E-state index contributed by atoms with van der Waals surface area (Å²) in [6.45, 7) is -0.124. The maximum absolute atomic E-state index is 15.0. The van der Waals surface area contributed by atoms with Crippen molar-refractivity contribution >= 4 is 16.6 Å². The Bertz CT molecular complexity index is 1220. The van der Waals surface area contributed by atoms with Crippen molar-refractivity contribution in [2.75, 3.05) is 5.32 Å². The van der Waals surface area contributed by atoms with Crippen molar-refractivity contribution in [1.82, 2.24) is 14.7 Å². The average Bonchev–Trinajstić information content (AvgIpc) is 3.47. The van der Waals surface area contributed by atoms with Crippen LogP contribution >= 0.6 is 0 Å². The molecule has 3 aromatic rings. The van der Waals surface area contributed by atoms with E-state index in [1.165, 1.54) is 12.5 Å². The third kappa shape index (κ3) is 4.16. The minimum absolute atomic E-state index is 0.0978. The van der Waals surface area contributed by atoms with E-state index in [0.717, 1.165) is 51.4 Å². The smallest absolute Gasteiger partial charge is 0.439 e. The third-order valence-electron chi connectivity index (χ3n) is 6.62. The van der Waals surface area contributed by atoms with Gasteiger partial charge in [0.2, 0.25) is 5.43 Å². The van der Waals surface area contributed by atoms with E-state index in [2.05, 4.69) is 24.5 Å². The maximum atomic E-state index is 15.0. The molecule has 0 saturated heterocycles. The molecule has 2 aliphatic rings. The number of fused-ring (bicyclic) bond motifs is 1. The minimum atomic E-state index is -0.689. The normalized spacial score (nSPS) is 17.8. The molecule has 2 aromatic heterocycles. The van der Waals surface area contributed by atoms with Gasteiger partial charge in [0, 0.05) is 12.1 Å². The number of H-pyrrole nitrogens is 1. The molecule has 32 heavy (non-hydrogen) atoms. The van der Waals surface area contributed by atoms with E-state index in [0.29, 0.717) is 11.2 Å². The van der Waals surface area contributed by atoms with E-state index in [-0.39, 0.29) is 41.1 Å². The molecule has 0 unspecified atom stereocenters. The highest BCUT2D eigenvalue weighted by molar-refractivity contribution is 5.84. The highest BCUT2D eigenvalue weighted by Crippen LogP contribution is 2.34. The Morgan fingerprint density at radius 1 is 1.12 bits per heavy atom. The molecule has 2 aliphatic carbocycles. The molecule has 0 aliphatic heterocycles. The number of rotatable bonds is 6. The molecule has 2 fully saturated rings. The SMILES string of the molecule is O=c1[nH]c(COc2cn(C3CCCC3)c3cc(NC4CCCCC4)c(F)cc3c2=O)no1. The summed E-state index contributed by atoms with van der Waals surface area (Å²) >= 11 is 0. The highest BCUT2D eigenvalue weighted by Gasteiger charge is 2.23. The van der Waals surface area contributed by atoms with Crippen LogP contribution in [0.4, 0.5) is 10.1 Å². The number of aromatic amines is 1. The summed E-state index contributed by atoms with van der Waals surface area (Å²) in [6, 6.07) is 3.58. The van der Waals surface area contributed by atoms with E-state index < -0.39 is 11.6 Å². The van der Waals surface area contributed by atoms with Crippen LogP contribution in [0.3, 0.4) is 0 Å². The van der Waals surface area contributed by atoms with Gasteiger partial charge in [-0.05, 0) is 37.8 Å². The van der Waals surface area contributed by atoms with Crippen LogP contribution in [0.15, 0.2) is 32.4 Å². The number of nitrogens with one attached hydrogen (secondary N) is 2. The van der Waals surface area contributed by atoms with Crippen molar-refractivity contribution in [3.05, 3.63) is 50.7 Å². The number of nitrogens with zero attached hydrogens (tertiary/aromatic N) is 2. The summed E-state index contributed by atoms with van der Waals surface area (Å²) in [6.07, 6.45) is 11.5. The van der Waals surface area contributed by atoms with Crippen molar-refractivity contribution in [1.29, 1.82) is 0 Å². The van der Waals surface area contributed by atoms with Crippen LogP contribution in [0.1, 0.15) is 69.7 Å². The molecule has 0 amide bonds. The number of aromatic nitrogens is 3. The number of anilines is 1. The Morgan fingerprint density at radius 2 is 1.88 bits per heavy atom. The molecule has 5 rings (SSSR count). The Labute approximate surface area is 183 Å². The predicted octanol–water partition coefficient (Wildman–Crippen LogP) is 4.26. The fourth-order valence-corrected chi connectivity index (χ4v) is 4.98. The van der Waals surface area contributed by atoms with E-state index in [1.807, 2.05) is 0 Å². The van der Waals surface area contributed by atoms with Crippen molar-refractivity contribution in [3.8, 4) is 5.75 Å². The van der Waals surface area contributed by atoms with Gasteiger partial charge in [-0.1, -0.05) is 37.3 Å². The monoisotopic (exact) mass is 442 g/mol. The first-order valence-corrected chi connectivity index (χ1v) is 11.4. The zero-order chi connectivity index (χ0) is 22.1. The van der Waals surface area contributed by atoms with Crippen LogP contribution in [0, 0.1) is 5.82 Å². The van der Waals surface area contributed by atoms with Gasteiger partial charge >= 0.3 is 5.76 Å². The fraction of sp³-hybridized carbons (Fsp3) is 0.522. The number of pyridine rings is 1. The van der Waals surface area contributed by atoms with Crippen molar-refractivity contribution in [3.63, 3.8) is 0 Å². The maximum Gasteiger partial charge on any atom is 0.439 e. The second-order valence-corrected chi connectivity index (χ2v) is 8.83. The van der Waals surface area contributed by atoms with Gasteiger partial charge in [-0.2, -0.15) is 0 Å². The molecule has 2 N–H and O–H groups in total. The number of hydrogen-bond donors (Lipinski definition) is 2. The molecule has 2 saturated carbocycles. The van der Waals surface area contributed by atoms with Crippen molar-refractivity contribution < 1.29 is 13.7 Å². The largest absolute Gasteiger partial charge is 0.480 e. The molecular formula is C23H27FN4O4. The topological polar surface area (TPSA) is 102 Å². The van der Waals surface area contributed by atoms with E-state index in [1.54, 1.807) is 12.3 Å². The molecule has 0 radical (unpaired) electrons. The fourth-order valence-electron chi connectivity index (χ4n) is 4.98. The molecule has 170 valence electrons. The van der Waals surface area contributed by atoms with Gasteiger partial charge in [0.1, 0.15) is 12.4 Å². The Hall–Kier alpha value is -3.10. The lowest BCUT2D eigenvalue weighted by Gasteiger charge is -2.25. The average molecular weight is 442 g/mol. The van der Waals surface area contributed by atoms with Gasteiger partial charge in [-0.15, -0.1) is 0 Å². The lowest BCUT2D eigenvalue weighted by Crippen LogP contribution is -2.23. The number of ether oxygens (including phenoxy) is 1. The lowest BCUT2D eigenvalue weighted by atomic mass is 9.95. The molecule has 0 atom stereocenters. The number of benzene rings is 1. The van der Waals surface area contributed by atoms with Crippen LogP contribution in [0.5, 0.6) is 5.75 Å². The summed E-state index contributed by atoms with van der Waals surface area (Å²) < 4.78 is 27.2. The zero-order valence-electron chi connectivity index (χ0n) is 17.9. The van der Waals surface area contributed by atoms with Gasteiger partial charge in [0.05, 0.1) is 22.8 Å². The number of hydrogen-bond acceptors (Lipinski definition) is 6. The first-order valence-electron chi connectivity index (χ1n) is 11.4. The second kappa shape index (κ2) is 8.80. The molecule has 1 aromatic carbocycles. The highest BCUT2D eigenvalue weighted by atomic mass is 19.1. The van der Waals surface area contributed by atoms with E-state index in [4.69, 9.17) is 4.74 Å². The molecule has 9 heteroatoms. The summed E-state index contributed by atoms with van der Waals surface area (Å²) in [4.78, 5) is 26.7. The van der Waals surface area contributed by atoms with Gasteiger partial charge in [0.25, 0.3) is 0 Å². The summed E-state index contributed by atoms with van der Waals surface area (Å²) in [5.41, 5.74) is 0.774. The van der Waals surface area contributed by atoms with Crippen molar-refractivity contribution in [2.24, 2.45) is 0 Å². The Balaban J connectivity index is 1.54. The molecule has 0 bridgehead atoms. The van der Waals surface area contributed by atoms with Crippen LogP contribution in [0.2, 0.25) is 0 Å². The zero-order valence-corrected chi connectivity index (χ0v) is 17.9. The number of halogens is 1. The van der Waals surface area contributed by atoms with Gasteiger partial charge < -0.3 is 14.6 Å². The van der Waals surface area contributed by atoms with E-state index >= 15 is 4.39 Å². The van der Waals surface area contributed by atoms with Crippen LogP contribution in [-0.4, -0.2) is 20.7 Å². The van der Waals surface area contributed by atoms with Gasteiger partial charge in [-0.25, -0.2) is 9.18 Å². The molecular weight excluding hydrogens is 415 g/mol. The van der Waals surface area contributed by atoms with Crippen LogP contribution in [-0.2, 0) is 6.61 Å². The molecule has 0 spiro atoms. The second-order valence-electron chi connectivity index (χ2n) is 8.83. The summed E-state index contributed by atoms with van der Waals surface area (Å²) in [5, 5.41) is 7.21. The lowest BCUT2D eigenvalue weighted by molar-refractivity contribution is 0.280. The van der Waals surface area contributed by atoms with Crippen LogP contribution < -0.4 is 21.2 Å². The first kappa shape index (κ1) is 20.8. The third-order valence-corrected chi connectivity index (χ3v) is 6.62. The Kier molecular flexibility index (Phi) is 5.71. The standard InChI is InChI=1S/C23H27FN4O4/c24-17-10-16-19(11-18(17)25-14-6-2-1-3-7-14)28(15-8-4-5-9-15)12-20(22(16)29)31-13-21-26-23(30)32-27-21/h10-12,14-15,25H,1-9,13H2,(H,26,27,30). The first-order chi connectivity index (χ1) is 15.6. The van der Waals surface area contributed by atoms with E-state index in [9.17, 15) is 9.59 Å².